The van der Waals surface area contributed by atoms with Crippen LogP contribution in [0, 0.1) is 25.6 Å². The molecule has 1 heterocycles. The molecule has 1 aliphatic rings. The number of aliphatic hydroxyl groups is 1. The van der Waals surface area contributed by atoms with Crippen LogP contribution in [0.2, 0.25) is 0 Å². The Labute approximate surface area is 142 Å². The first-order valence-corrected chi connectivity index (χ1v) is 8.30. The van der Waals surface area contributed by atoms with Crippen molar-refractivity contribution in [2.24, 2.45) is 5.92 Å². The smallest absolute Gasteiger partial charge is 0.125 e. The average molecular weight is 329 g/mol. The van der Waals surface area contributed by atoms with Crippen LogP contribution >= 0.6 is 0 Å². The fourth-order valence-electron chi connectivity index (χ4n) is 3.94. The van der Waals surface area contributed by atoms with Gasteiger partial charge in [-0.3, -0.25) is 0 Å². The molecule has 1 saturated carbocycles. The van der Waals surface area contributed by atoms with E-state index in [4.69, 9.17) is 0 Å². The quantitative estimate of drug-likeness (QED) is 0.916. The van der Waals surface area contributed by atoms with Gasteiger partial charge in [0.15, 0.2) is 0 Å². The van der Waals surface area contributed by atoms with E-state index in [1.165, 1.54) is 6.07 Å². The summed E-state index contributed by atoms with van der Waals surface area (Å²) in [6.07, 6.45) is 2.69. The Hall–Kier alpha value is -2.01. The number of aryl methyl sites for hydroxylation is 2. The standard InChI is InChI=1S/C19H24FN3O/c1-12-18(10-21-14(3)22-12)23(4)13(2)19(9-16(19)11-24)15-6-5-7-17(20)8-15/h5-8,10,13,16,24H,9,11H2,1-4H3/t13?,16-,19+/m0/s1. The van der Waals surface area contributed by atoms with Crippen molar-refractivity contribution < 1.29 is 9.50 Å². The molecule has 0 saturated heterocycles. The largest absolute Gasteiger partial charge is 0.396 e. The van der Waals surface area contributed by atoms with Crippen LogP contribution in [-0.4, -0.2) is 34.8 Å². The van der Waals surface area contributed by atoms with E-state index in [2.05, 4.69) is 21.8 Å². The highest BCUT2D eigenvalue weighted by atomic mass is 19.1. The van der Waals surface area contributed by atoms with Gasteiger partial charge in [0.2, 0.25) is 0 Å². The number of likely N-dealkylation sites (N-methyl/N-ethyl adjacent to an activating group) is 1. The summed E-state index contributed by atoms with van der Waals surface area (Å²) in [5, 5.41) is 9.73. The second-order valence-electron chi connectivity index (χ2n) is 6.81. The molecule has 0 amide bonds. The van der Waals surface area contributed by atoms with Crippen LogP contribution in [0.3, 0.4) is 0 Å². The summed E-state index contributed by atoms with van der Waals surface area (Å²) in [5.74, 6) is 0.653. The lowest BCUT2D eigenvalue weighted by atomic mass is 9.85. The van der Waals surface area contributed by atoms with Crippen molar-refractivity contribution in [2.75, 3.05) is 18.6 Å². The van der Waals surface area contributed by atoms with Gasteiger partial charge >= 0.3 is 0 Å². The van der Waals surface area contributed by atoms with E-state index in [9.17, 15) is 9.50 Å². The maximum atomic E-state index is 13.8. The molecule has 1 aliphatic carbocycles. The lowest BCUT2D eigenvalue weighted by Gasteiger charge is -2.35. The molecule has 1 fully saturated rings. The monoisotopic (exact) mass is 329 g/mol. The Balaban J connectivity index is 1.97. The van der Waals surface area contributed by atoms with Gasteiger partial charge in [0, 0.05) is 25.1 Å². The molecule has 1 aromatic heterocycles. The van der Waals surface area contributed by atoms with Crippen LogP contribution in [0.15, 0.2) is 30.5 Å². The molecule has 3 atom stereocenters. The Morgan fingerprint density at radius 1 is 1.42 bits per heavy atom. The van der Waals surface area contributed by atoms with Crippen molar-refractivity contribution in [1.29, 1.82) is 0 Å². The third-order valence-electron chi connectivity index (χ3n) is 5.52. The predicted molar refractivity (Wildman–Crippen MR) is 92.6 cm³/mol. The number of benzene rings is 1. The molecular formula is C19H24FN3O. The molecule has 4 nitrogen and oxygen atoms in total. The van der Waals surface area contributed by atoms with E-state index in [1.54, 1.807) is 12.1 Å². The predicted octanol–water partition coefficient (Wildman–Crippen LogP) is 3.01. The molecule has 0 spiro atoms. The lowest BCUT2D eigenvalue weighted by molar-refractivity contribution is 0.257. The molecule has 128 valence electrons. The summed E-state index contributed by atoms with van der Waals surface area (Å²) in [6, 6.07) is 6.84. The second-order valence-corrected chi connectivity index (χ2v) is 6.81. The van der Waals surface area contributed by atoms with Gasteiger partial charge in [0.1, 0.15) is 11.6 Å². The molecule has 2 aromatic rings. The van der Waals surface area contributed by atoms with Gasteiger partial charge in [0.05, 0.1) is 17.6 Å². The third-order valence-corrected chi connectivity index (χ3v) is 5.52. The highest BCUT2D eigenvalue weighted by molar-refractivity contribution is 5.52. The fourth-order valence-corrected chi connectivity index (χ4v) is 3.94. The number of aromatic nitrogens is 2. The number of nitrogens with zero attached hydrogens (tertiary/aromatic N) is 3. The summed E-state index contributed by atoms with van der Waals surface area (Å²) in [5.41, 5.74) is 2.59. The molecule has 5 heteroatoms. The summed E-state index contributed by atoms with van der Waals surface area (Å²) in [4.78, 5) is 10.9. The van der Waals surface area contributed by atoms with Crippen molar-refractivity contribution in [3.8, 4) is 0 Å². The molecule has 1 aromatic carbocycles. The van der Waals surface area contributed by atoms with Crippen molar-refractivity contribution in [3.63, 3.8) is 0 Å². The molecule has 1 N–H and O–H groups in total. The van der Waals surface area contributed by atoms with E-state index in [-0.39, 0.29) is 29.8 Å². The Morgan fingerprint density at radius 3 is 2.75 bits per heavy atom. The lowest BCUT2D eigenvalue weighted by Crippen LogP contribution is -2.41. The van der Waals surface area contributed by atoms with E-state index in [0.29, 0.717) is 0 Å². The minimum absolute atomic E-state index is 0.0847. The van der Waals surface area contributed by atoms with Gasteiger partial charge in [-0.05, 0) is 50.8 Å². The summed E-state index contributed by atoms with van der Waals surface area (Å²) in [6.45, 7) is 6.08. The number of hydrogen-bond acceptors (Lipinski definition) is 4. The SMILES string of the molecule is Cc1ncc(N(C)C(C)[C@@]2(c3cccc(F)c3)C[C@H]2CO)c(C)n1. The van der Waals surface area contributed by atoms with Crippen molar-refractivity contribution in [2.45, 2.75) is 38.6 Å². The zero-order valence-electron chi connectivity index (χ0n) is 14.6. The number of halogens is 1. The summed E-state index contributed by atoms with van der Waals surface area (Å²) >= 11 is 0. The van der Waals surface area contributed by atoms with Gasteiger partial charge in [0.25, 0.3) is 0 Å². The van der Waals surface area contributed by atoms with Crippen molar-refractivity contribution >= 4 is 5.69 Å². The average Bonchev–Trinajstić information content (AvgIpc) is 3.29. The number of aliphatic hydroxyl groups excluding tert-OH is 1. The van der Waals surface area contributed by atoms with Gasteiger partial charge in [-0.25, -0.2) is 14.4 Å². The Bertz CT molecular complexity index is 751. The van der Waals surface area contributed by atoms with Crippen LogP contribution < -0.4 is 4.90 Å². The molecule has 3 rings (SSSR count). The van der Waals surface area contributed by atoms with Crippen LogP contribution in [0.5, 0.6) is 0 Å². The van der Waals surface area contributed by atoms with Crippen LogP contribution in [0.25, 0.3) is 0 Å². The van der Waals surface area contributed by atoms with Crippen LogP contribution in [0.4, 0.5) is 10.1 Å². The van der Waals surface area contributed by atoms with Gasteiger partial charge in [-0.1, -0.05) is 12.1 Å². The molecule has 0 radical (unpaired) electrons. The number of anilines is 1. The van der Waals surface area contributed by atoms with E-state index in [0.717, 1.165) is 29.2 Å². The number of rotatable bonds is 5. The normalized spacial score (nSPS) is 23.8. The summed E-state index contributed by atoms with van der Waals surface area (Å²) < 4.78 is 13.8. The minimum atomic E-state index is -0.247. The van der Waals surface area contributed by atoms with Crippen LogP contribution in [-0.2, 0) is 5.41 Å². The fraction of sp³-hybridized carbons (Fsp3) is 0.474. The molecule has 0 aliphatic heterocycles. The highest BCUT2D eigenvalue weighted by Gasteiger charge is 2.59. The van der Waals surface area contributed by atoms with E-state index >= 15 is 0 Å². The zero-order valence-corrected chi connectivity index (χ0v) is 14.6. The zero-order chi connectivity index (χ0) is 17.5. The molecular weight excluding hydrogens is 305 g/mol. The summed E-state index contributed by atoms with van der Waals surface area (Å²) in [7, 11) is 2.01. The van der Waals surface area contributed by atoms with Gasteiger partial charge in [-0.15, -0.1) is 0 Å². The molecule has 0 bridgehead atoms. The molecule has 24 heavy (non-hydrogen) atoms. The van der Waals surface area contributed by atoms with Crippen molar-refractivity contribution in [3.05, 3.63) is 53.4 Å². The Kier molecular flexibility index (Phi) is 4.30. The first-order valence-electron chi connectivity index (χ1n) is 8.30. The molecule has 1 unspecified atom stereocenters. The van der Waals surface area contributed by atoms with E-state index < -0.39 is 0 Å². The van der Waals surface area contributed by atoms with Crippen LogP contribution in [0.1, 0.15) is 30.4 Å². The van der Waals surface area contributed by atoms with E-state index in [1.807, 2.05) is 33.2 Å². The first kappa shape index (κ1) is 16.8. The third kappa shape index (κ3) is 2.67. The maximum Gasteiger partial charge on any atom is 0.125 e. The minimum Gasteiger partial charge on any atom is -0.396 e. The topological polar surface area (TPSA) is 49.2 Å². The second kappa shape index (κ2) is 6.13. The highest BCUT2D eigenvalue weighted by Crippen LogP contribution is 2.58. The van der Waals surface area contributed by atoms with Gasteiger partial charge in [-0.2, -0.15) is 0 Å². The van der Waals surface area contributed by atoms with Gasteiger partial charge < -0.3 is 10.0 Å². The Morgan fingerprint density at radius 2 is 2.17 bits per heavy atom. The number of hydrogen-bond donors (Lipinski definition) is 1. The van der Waals surface area contributed by atoms with Crippen molar-refractivity contribution in [1.82, 2.24) is 9.97 Å². The maximum absolute atomic E-state index is 13.8. The first-order chi connectivity index (χ1) is 11.4.